The predicted octanol–water partition coefficient (Wildman–Crippen LogP) is 2.39. The molecule has 0 spiro atoms. The maximum Gasteiger partial charge on any atom is 0.251 e. The number of para-hydroxylation sites is 1. The van der Waals surface area contributed by atoms with E-state index in [-0.39, 0.29) is 5.56 Å². The van der Waals surface area contributed by atoms with Gasteiger partial charge in [-0.1, -0.05) is 32.0 Å². The van der Waals surface area contributed by atoms with E-state index in [9.17, 15) is 4.79 Å². The average molecular weight is 244 g/mol. The van der Waals surface area contributed by atoms with Crippen molar-refractivity contribution >= 4 is 10.9 Å². The number of aromatic nitrogens is 1. The van der Waals surface area contributed by atoms with Gasteiger partial charge in [0.15, 0.2) is 0 Å². The molecule has 18 heavy (non-hydrogen) atoms. The van der Waals surface area contributed by atoms with Crippen molar-refractivity contribution in [3.63, 3.8) is 0 Å². The molecule has 1 N–H and O–H groups in total. The largest absolute Gasteiger partial charge is 0.314 e. The van der Waals surface area contributed by atoms with Gasteiger partial charge in [-0.2, -0.15) is 0 Å². The van der Waals surface area contributed by atoms with Gasteiger partial charge in [0.25, 0.3) is 5.56 Å². The molecule has 1 aromatic carbocycles. The van der Waals surface area contributed by atoms with Crippen molar-refractivity contribution in [3.8, 4) is 0 Å². The minimum Gasteiger partial charge on any atom is -0.314 e. The fourth-order valence-corrected chi connectivity index (χ4v) is 2.10. The predicted molar refractivity (Wildman–Crippen MR) is 76.0 cm³/mol. The third-order valence-electron chi connectivity index (χ3n) is 3.01. The summed E-state index contributed by atoms with van der Waals surface area (Å²) in [5.74, 6) is 0. The third kappa shape index (κ3) is 2.99. The lowest BCUT2D eigenvalue weighted by molar-refractivity contribution is 0.536. The summed E-state index contributed by atoms with van der Waals surface area (Å²) in [7, 11) is 0. The van der Waals surface area contributed by atoms with Gasteiger partial charge >= 0.3 is 0 Å². The molecule has 2 rings (SSSR count). The monoisotopic (exact) mass is 244 g/mol. The Kier molecular flexibility index (Phi) is 4.15. The zero-order valence-electron chi connectivity index (χ0n) is 11.0. The molecule has 0 amide bonds. The third-order valence-corrected chi connectivity index (χ3v) is 3.01. The highest BCUT2D eigenvalue weighted by Gasteiger charge is 2.02. The van der Waals surface area contributed by atoms with Gasteiger partial charge in [-0.05, 0) is 30.5 Å². The summed E-state index contributed by atoms with van der Waals surface area (Å²) in [6.45, 7) is 5.96. The van der Waals surface area contributed by atoms with Gasteiger partial charge in [-0.3, -0.25) is 4.79 Å². The van der Waals surface area contributed by atoms with Crippen LogP contribution in [0, 0.1) is 0 Å². The van der Waals surface area contributed by atoms with Gasteiger partial charge in [0, 0.05) is 18.7 Å². The summed E-state index contributed by atoms with van der Waals surface area (Å²) in [5, 5.41) is 4.49. The molecule has 2 aromatic rings. The second-order valence-corrected chi connectivity index (χ2v) is 4.84. The number of nitrogens with one attached hydrogen (secondary N) is 1. The zero-order valence-corrected chi connectivity index (χ0v) is 11.0. The molecule has 3 heteroatoms. The van der Waals surface area contributed by atoms with E-state index in [2.05, 4.69) is 19.2 Å². The molecule has 1 aromatic heterocycles. The first-order valence-corrected chi connectivity index (χ1v) is 6.50. The van der Waals surface area contributed by atoms with E-state index in [4.69, 9.17) is 0 Å². The number of rotatable bonds is 5. The van der Waals surface area contributed by atoms with Crippen molar-refractivity contribution in [2.24, 2.45) is 0 Å². The van der Waals surface area contributed by atoms with Crippen molar-refractivity contribution in [2.75, 3.05) is 6.54 Å². The molecule has 0 aliphatic rings. The first kappa shape index (κ1) is 12.8. The summed E-state index contributed by atoms with van der Waals surface area (Å²) in [4.78, 5) is 11.9. The average Bonchev–Trinajstić information content (AvgIpc) is 2.36. The number of aryl methyl sites for hydroxylation is 1. The molecule has 0 bridgehead atoms. The van der Waals surface area contributed by atoms with Gasteiger partial charge in [-0.25, -0.2) is 0 Å². The Morgan fingerprint density at radius 1 is 1.17 bits per heavy atom. The summed E-state index contributed by atoms with van der Waals surface area (Å²) in [6.07, 6.45) is 0.964. The lowest BCUT2D eigenvalue weighted by Gasteiger charge is -2.11. The lowest BCUT2D eigenvalue weighted by atomic mass is 10.2. The van der Waals surface area contributed by atoms with Crippen molar-refractivity contribution in [3.05, 3.63) is 46.8 Å². The molecule has 0 unspecified atom stereocenters. The SMILES string of the molecule is CC(C)NCCCn1c(=O)ccc2ccccc21. The van der Waals surface area contributed by atoms with E-state index < -0.39 is 0 Å². The van der Waals surface area contributed by atoms with E-state index in [1.165, 1.54) is 0 Å². The number of hydrogen-bond donors (Lipinski definition) is 1. The van der Waals surface area contributed by atoms with Crippen LogP contribution in [0.4, 0.5) is 0 Å². The van der Waals surface area contributed by atoms with Crippen molar-refractivity contribution in [2.45, 2.75) is 32.9 Å². The van der Waals surface area contributed by atoms with Gasteiger partial charge in [0.05, 0.1) is 5.52 Å². The summed E-state index contributed by atoms with van der Waals surface area (Å²) in [6, 6.07) is 12.1. The number of pyridine rings is 1. The van der Waals surface area contributed by atoms with Crippen molar-refractivity contribution in [1.29, 1.82) is 0 Å². The number of nitrogens with zero attached hydrogens (tertiary/aromatic N) is 1. The molecule has 1 heterocycles. The Morgan fingerprint density at radius 3 is 2.72 bits per heavy atom. The fraction of sp³-hybridized carbons (Fsp3) is 0.400. The van der Waals surface area contributed by atoms with Crippen LogP contribution in [0.3, 0.4) is 0 Å². The van der Waals surface area contributed by atoms with Crippen LogP contribution < -0.4 is 10.9 Å². The maximum atomic E-state index is 11.9. The Labute approximate surface area is 107 Å². The lowest BCUT2D eigenvalue weighted by Crippen LogP contribution is -2.26. The molecule has 96 valence electrons. The molecule has 0 saturated heterocycles. The molecule has 0 atom stereocenters. The minimum atomic E-state index is 0.0817. The number of benzene rings is 1. The molecule has 0 fully saturated rings. The molecule has 3 nitrogen and oxygen atoms in total. The topological polar surface area (TPSA) is 34.0 Å². The Hall–Kier alpha value is -1.61. The minimum absolute atomic E-state index is 0.0817. The molecular formula is C15H20N2O. The van der Waals surface area contributed by atoms with Gasteiger partial charge < -0.3 is 9.88 Å². The van der Waals surface area contributed by atoms with Crippen LogP contribution in [0.5, 0.6) is 0 Å². The fourth-order valence-electron chi connectivity index (χ4n) is 2.10. The van der Waals surface area contributed by atoms with Gasteiger partial charge in [0.1, 0.15) is 0 Å². The summed E-state index contributed by atoms with van der Waals surface area (Å²) in [5.41, 5.74) is 1.10. The quantitative estimate of drug-likeness (QED) is 0.819. The molecule has 0 aliphatic carbocycles. The van der Waals surface area contributed by atoms with E-state index in [0.29, 0.717) is 6.04 Å². The maximum absolute atomic E-state index is 11.9. The van der Waals surface area contributed by atoms with Crippen LogP contribution >= 0.6 is 0 Å². The van der Waals surface area contributed by atoms with Gasteiger partial charge in [-0.15, -0.1) is 0 Å². The van der Waals surface area contributed by atoms with E-state index >= 15 is 0 Å². The second kappa shape index (κ2) is 5.83. The standard InChI is InChI=1S/C15H20N2O/c1-12(2)16-10-5-11-17-14-7-4-3-6-13(14)8-9-15(17)18/h3-4,6-9,12,16H,5,10-11H2,1-2H3. The Balaban J connectivity index is 2.16. The van der Waals surface area contributed by atoms with Crippen LogP contribution in [0.15, 0.2) is 41.2 Å². The molecule has 0 aliphatic heterocycles. The van der Waals surface area contributed by atoms with Crippen LogP contribution in [0.25, 0.3) is 10.9 Å². The summed E-state index contributed by atoms with van der Waals surface area (Å²) < 4.78 is 1.86. The van der Waals surface area contributed by atoms with Crippen LogP contribution in [-0.4, -0.2) is 17.2 Å². The van der Waals surface area contributed by atoms with E-state index in [0.717, 1.165) is 30.4 Å². The Morgan fingerprint density at radius 2 is 1.94 bits per heavy atom. The van der Waals surface area contributed by atoms with E-state index in [1.807, 2.05) is 34.9 Å². The first-order chi connectivity index (χ1) is 8.68. The number of hydrogen-bond acceptors (Lipinski definition) is 2. The number of fused-ring (bicyclic) bond motifs is 1. The molecule has 0 saturated carbocycles. The van der Waals surface area contributed by atoms with Crippen molar-refractivity contribution in [1.82, 2.24) is 9.88 Å². The van der Waals surface area contributed by atoms with Crippen LogP contribution in [0.2, 0.25) is 0 Å². The smallest absolute Gasteiger partial charge is 0.251 e. The normalized spacial score (nSPS) is 11.3. The van der Waals surface area contributed by atoms with Crippen molar-refractivity contribution < 1.29 is 0 Å². The second-order valence-electron chi connectivity index (χ2n) is 4.84. The highest BCUT2D eigenvalue weighted by atomic mass is 16.1. The Bertz CT molecular complexity index is 572. The van der Waals surface area contributed by atoms with Crippen LogP contribution in [-0.2, 0) is 6.54 Å². The summed E-state index contributed by atoms with van der Waals surface area (Å²) >= 11 is 0. The zero-order chi connectivity index (χ0) is 13.0. The highest BCUT2D eigenvalue weighted by molar-refractivity contribution is 5.78. The van der Waals surface area contributed by atoms with E-state index in [1.54, 1.807) is 6.07 Å². The van der Waals surface area contributed by atoms with Gasteiger partial charge in [0.2, 0.25) is 0 Å². The molecule has 0 radical (unpaired) electrons. The molecular weight excluding hydrogens is 224 g/mol. The van der Waals surface area contributed by atoms with Crippen LogP contribution in [0.1, 0.15) is 20.3 Å². The highest BCUT2D eigenvalue weighted by Crippen LogP contribution is 2.11. The first-order valence-electron chi connectivity index (χ1n) is 6.50.